The standard InChI is InChI=1S/C12H20N2O/c1-4-7-14(3)10-12-11(6-8-15-12)9-13-5-2/h4,6,8,13H,1,5,7,9-10H2,2-3H3. The highest BCUT2D eigenvalue weighted by Gasteiger charge is 2.07. The van der Waals surface area contributed by atoms with Gasteiger partial charge < -0.3 is 9.73 Å². The lowest BCUT2D eigenvalue weighted by atomic mass is 10.2. The molecule has 0 fully saturated rings. The molecule has 0 aliphatic carbocycles. The lowest BCUT2D eigenvalue weighted by molar-refractivity contribution is 0.320. The molecule has 1 aromatic heterocycles. The zero-order chi connectivity index (χ0) is 11.1. The smallest absolute Gasteiger partial charge is 0.122 e. The highest BCUT2D eigenvalue weighted by atomic mass is 16.3. The second-order valence-corrected chi connectivity index (χ2v) is 3.63. The minimum absolute atomic E-state index is 0.833. The lowest BCUT2D eigenvalue weighted by Crippen LogP contribution is -2.19. The first kappa shape index (κ1) is 12.0. The van der Waals surface area contributed by atoms with Gasteiger partial charge in [-0.15, -0.1) is 6.58 Å². The summed E-state index contributed by atoms with van der Waals surface area (Å²) in [6.07, 6.45) is 3.65. The Balaban J connectivity index is 2.52. The van der Waals surface area contributed by atoms with Crippen LogP contribution in [0.3, 0.4) is 0 Å². The van der Waals surface area contributed by atoms with Crippen LogP contribution in [0.4, 0.5) is 0 Å². The summed E-state index contributed by atoms with van der Waals surface area (Å²) in [7, 11) is 2.06. The quantitative estimate of drug-likeness (QED) is 0.695. The average molecular weight is 208 g/mol. The number of hydrogen-bond acceptors (Lipinski definition) is 3. The largest absolute Gasteiger partial charge is 0.468 e. The van der Waals surface area contributed by atoms with Gasteiger partial charge in [0.25, 0.3) is 0 Å². The van der Waals surface area contributed by atoms with Crippen molar-refractivity contribution in [3.8, 4) is 0 Å². The Bertz CT molecular complexity index is 294. The highest BCUT2D eigenvalue weighted by Crippen LogP contribution is 2.12. The van der Waals surface area contributed by atoms with E-state index in [0.717, 1.165) is 31.9 Å². The average Bonchev–Trinajstić information content (AvgIpc) is 2.63. The maximum Gasteiger partial charge on any atom is 0.122 e. The summed E-state index contributed by atoms with van der Waals surface area (Å²) in [4.78, 5) is 2.17. The predicted octanol–water partition coefficient (Wildman–Crippen LogP) is 2.01. The van der Waals surface area contributed by atoms with Crippen LogP contribution in [0.5, 0.6) is 0 Å². The number of likely N-dealkylation sites (N-methyl/N-ethyl adjacent to an activating group) is 1. The van der Waals surface area contributed by atoms with Crippen molar-refractivity contribution in [2.75, 3.05) is 20.1 Å². The van der Waals surface area contributed by atoms with Crippen molar-refractivity contribution >= 4 is 0 Å². The fourth-order valence-electron chi connectivity index (χ4n) is 1.45. The zero-order valence-electron chi connectivity index (χ0n) is 9.62. The van der Waals surface area contributed by atoms with Crippen molar-refractivity contribution in [2.24, 2.45) is 0 Å². The van der Waals surface area contributed by atoms with Crippen LogP contribution in [-0.2, 0) is 13.1 Å². The number of furan rings is 1. The highest BCUT2D eigenvalue weighted by molar-refractivity contribution is 5.16. The zero-order valence-corrected chi connectivity index (χ0v) is 9.62. The molecule has 0 aliphatic heterocycles. The molecule has 0 radical (unpaired) electrons. The fourth-order valence-corrected chi connectivity index (χ4v) is 1.45. The van der Waals surface area contributed by atoms with Crippen LogP contribution in [0.1, 0.15) is 18.2 Å². The fraction of sp³-hybridized carbons (Fsp3) is 0.500. The first-order valence-electron chi connectivity index (χ1n) is 5.33. The third-order valence-corrected chi connectivity index (χ3v) is 2.26. The van der Waals surface area contributed by atoms with Crippen LogP contribution >= 0.6 is 0 Å². The van der Waals surface area contributed by atoms with Crippen molar-refractivity contribution in [3.63, 3.8) is 0 Å². The molecule has 1 aromatic rings. The van der Waals surface area contributed by atoms with Crippen molar-refractivity contribution in [1.29, 1.82) is 0 Å². The molecule has 1 N–H and O–H groups in total. The van der Waals surface area contributed by atoms with Gasteiger partial charge in [0.2, 0.25) is 0 Å². The Morgan fingerprint density at radius 3 is 3.07 bits per heavy atom. The number of nitrogens with zero attached hydrogens (tertiary/aromatic N) is 1. The molecule has 84 valence electrons. The summed E-state index contributed by atoms with van der Waals surface area (Å²) in [6.45, 7) is 9.39. The van der Waals surface area contributed by atoms with Gasteiger partial charge in [-0.25, -0.2) is 0 Å². The van der Waals surface area contributed by atoms with E-state index in [-0.39, 0.29) is 0 Å². The van der Waals surface area contributed by atoms with E-state index in [1.165, 1.54) is 5.56 Å². The Morgan fingerprint density at radius 1 is 1.60 bits per heavy atom. The van der Waals surface area contributed by atoms with E-state index in [1.54, 1.807) is 6.26 Å². The molecular formula is C12H20N2O. The first-order chi connectivity index (χ1) is 7.27. The first-order valence-corrected chi connectivity index (χ1v) is 5.33. The Kier molecular flexibility index (Phi) is 5.15. The van der Waals surface area contributed by atoms with Gasteiger partial charge in [-0.05, 0) is 19.7 Å². The van der Waals surface area contributed by atoms with E-state index >= 15 is 0 Å². The van der Waals surface area contributed by atoms with Crippen molar-refractivity contribution < 1.29 is 4.42 Å². The molecule has 0 aliphatic rings. The minimum atomic E-state index is 0.833. The number of hydrogen-bond donors (Lipinski definition) is 1. The van der Waals surface area contributed by atoms with Crippen molar-refractivity contribution in [2.45, 2.75) is 20.0 Å². The number of rotatable bonds is 7. The molecule has 1 heterocycles. The monoisotopic (exact) mass is 208 g/mol. The van der Waals surface area contributed by atoms with Gasteiger partial charge in [-0.2, -0.15) is 0 Å². The van der Waals surface area contributed by atoms with E-state index in [0.29, 0.717) is 0 Å². The summed E-state index contributed by atoms with van der Waals surface area (Å²) in [5, 5.41) is 3.30. The van der Waals surface area contributed by atoms with Gasteiger partial charge in [0.15, 0.2) is 0 Å². The van der Waals surface area contributed by atoms with Crippen LogP contribution in [0.2, 0.25) is 0 Å². The maximum absolute atomic E-state index is 5.46. The molecule has 15 heavy (non-hydrogen) atoms. The van der Waals surface area contributed by atoms with Crippen molar-refractivity contribution in [3.05, 3.63) is 36.3 Å². The van der Waals surface area contributed by atoms with Crippen LogP contribution in [0, 0.1) is 0 Å². The summed E-state index contributed by atoms with van der Waals surface area (Å²) in [6, 6.07) is 2.03. The minimum Gasteiger partial charge on any atom is -0.468 e. The van der Waals surface area contributed by atoms with Gasteiger partial charge in [0.1, 0.15) is 5.76 Å². The van der Waals surface area contributed by atoms with Crippen LogP contribution < -0.4 is 5.32 Å². The Morgan fingerprint density at radius 2 is 2.40 bits per heavy atom. The number of nitrogens with one attached hydrogen (secondary N) is 1. The summed E-state index contributed by atoms with van der Waals surface area (Å²) in [5.74, 6) is 1.04. The van der Waals surface area contributed by atoms with Gasteiger partial charge in [0.05, 0.1) is 12.8 Å². The molecule has 1 rings (SSSR count). The van der Waals surface area contributed by atoms with E-state index in [4.69, 9.17) is 4.42 Å². The van der Waals surface area contributed by atoms with Gasteiger partial charge in [-0.3, -0.25) is 4.90 Å². The van der Waals surface area contributed by atoms with Crippen LogP contribution in [0.15, 0.2) is 29.4 Å². The molecule has 0 aromatic carbocycles. The molecule has 0 atom stereocenters. The molecule has 0 saturated carbocycles. The third-order valence-electron chi connectivity index (χ3n) is 2.26. The topological polar surface area (TPSA) is 28.4 Å². The molecule has 0 unspecified atom stereocenters. The molecule has 3 nitrogen and oxygen atoms in total. The van der Waals surface area contributed by atoms with Crippen molar-refractivity contribution in [1.82, 2.24) is 10.2 Å². The Hall–Kier alpha value is -1.06. The second-order valence-electron chi connectivity index (χ2n) is 3.63. The van der Waals surface area contributed by atoms with Crippen LogP contribution in [0.25, 0.3) is 0 Å². The van der Waals surface area contributed by atoms with E-state index < -0.39 is 0 Å². The predicted molar refractivity (Wildman–Crippen MR) is 62.6 cm³/mol. The normalized spacial score (nSPS) is 10.9. The molecule has 0 amide bonds. The summed E-state index contributed by atoms with van der Waals surface area (Å²) < 4.78 is 5.46. The van der Waals surface area contributed by atoms with E-state index in [1.807, 2.05) is 12.1 Å². The molecule has 0 bridgehead atoms. The molecule has 0 saturated heterocycles. The van der Waals surface area contributed by atoms with Gasteiger partial charge >= 0.3 is 0 Å². The Labute approximate surface area is 91.8 Å². The second kappa shape index (κ2) is 6.43. The molecular weight excluding hydrogens is 188 g/mol. The summed E-state index contributed by atoms with van der Waals surface area (Å²) >= 11 is 0. The SMILES string of the molecule is C=CCN(C)Cc1occc1CNCC. The van der Waals surface area contributed by atoms with Gasteiger partial charge in [0, 0.05) is 18.7 Å². The van der Waals surface area contributed by atoms with E-state index in [2.05, 4.69) is 30.8 Å². The van der Waals surface area contributed by atoms with Crippen LogP contribution in [-0.4, -0.2) is 25.0 Å². The maximum atomic E-state index is 5.46. The lowest BCUT2D eigenvalue weighted by Gasteiger charge is -2.13. The summed E-state index contributed by atoms with van der Waals surface area (Å²) in [5.41, 5.74) is 1.24. The molecule has 3 heteroatoms. The molecule has 0 spiro atoms. The van der Waals surface area contributed by atoms with Gasteiger partial charge in [-0.1, -0.05) is 13.0 Å². The third kappa shape index (κ3) is 3.90. The van der Waals surface area contributed by atoms with E-state index in [9.17, 15) is 0 Å².